The SMILES string of the molecule is CC(=O)O[C@@H]1[C@H](OC(C)=O)[C@H]2O[C@H]2C=C[C@H]2O[C@@H]12. The van der Waals surface area contributed by atoms with Crippen molar-refractivity contribution >= 4 is 11.9 Å². The summed E-state index contributed by atoms with van der Waals surface area (Å²) in [5.74, 6) is -0.846. The average Bonchev–Trinajstić information content (AvgIpc) is 3.13. The second kappa shape index (κ2) is 4.07. The number of rotatable bonds is 2. The lowest BCUT2D eigenvalue weighted by atomic mass is 10.00. The normalized spacial score (nSPS) is 43.9. The van der Waals surface area contributed by atoms with E-state index in [1.165, 1.54) is 13.8 Å². The van der Waals surface area contributed by atoms with Crippen molar-refractivity contribution in [3.63, 3.8) is 0 Å². The zero-order valence-electron chi connectivity index (χ0n) is 10.1. The van der Waals surface area contributed by atoms with Gasteiger partial charge in [0.15, 0.2) is 12.2 Å². The van der Waals surface area contributed by atoms with Crippen molar-refractivity contribution in [2.75, 3.05) is 0 Å². The molecule has 6 heteroatoms. The summed E-state index contributed by atoms with van der Waals surface area (Å²) in [6.45, 7) is 2.64. The van der Waals surface area contributed by atoms with Crippen molar-refractivity contribution in [2.24, 2.45) is 0 Å². The van der Waals surface area contributed by atoms with Crippen LogP contribution in [0.25, 0.3) is 0 Å². The average molecular weight is 254 g/mol. The molecule has 0 amide bonds. The molecule has 2 saturated heterocycles. The Balaban J connectivity index is 1.82. The van der Waals surface area contributed by atoms with Gasteiger partial charge in [-0.05, 0) is 0 Å². The summed E-state index contributed by atoms with van der Waals surface area (Å²) >= 11 is 0. The number of hydrogen-bond donors (Lipinski definition) is 0. The standard InChI is InChI=1S/C12H14O6/c1-5(13)15-11-9-7(17-9)3-4-8-10(18-8)12(11)16-6(2)14/h3-4,7-12H,1-2H3/t7-,8+,9-,10+,11+,12-. The van der Waals surface area contributed by atoms with E-state index in [0.29, 0.717) is 0 Å². The van der Waals surface area contributed by atoms with Crippen LogP contribution in [0.5, 0.6) is 0 Å². The van der Waals surface area contributed by atoms with Crippen molar-refractivity contribution in [1.82, 2.24) is 0 Å². The maximum Gasteiger partial charge on any atom is 0.303 e. The van der Waals surface area contributed by atoms with E-state index in [-0.39, 0.29) is 24.4 Å². The molecule has 0 N–H and O–H groups in total. The molecule has 2 fully saturated rings. The molecule has 0 bridgehead atoms. The van der Waals surface area contributed by atoms with E-state index < -0.39 is 24.1 Å². The van der Waals surface area contributed by atoms with Gasteiger partial charge in [-0.2, -0.15) is 0 Å². The van der Waals surface area contributed by atoms with Crippen LogP contribution < -0.4 is 0 Å². The fraction of sp³-hybridized carbons (Fsp3) is 0.667. The Kier molecular flexibility index (Phi) is 2.64. The smallest absolute Gasteiger partial charge is 0.303 e. The molecular weight excluding hydrogens is 240 g/mol. The minimum atomic E-state index is -0.601. The van der Waals surface area contributed by atoms with Gasteiger partial charge in [0.05, 0.1) is 0 Å². The first kappa shape index (κ1) is 11.7. The Morgan fingerprint density at radius 3 is 1.61 bits per heavy atom. The molecule has 2 heterocycles. The third-order valence-electron chi connectivity index (χ3n) is 3.19. The summed E-state index contributed by atoms with van der Waals surface area (Å²) in [4.78, 5) is 22.3. The van der Waals surface area contributed by atoms with Crippen LogP contribution in [0.4, 0.5) is 0 Å². The fourth-order valence-corrected chi connectivity index (χ4v) is 2.36. The Labute approximate surface area is 104 Å². The van der Waals surface area contributed by atoms with E-state index in [1.54, 1.807) is 0 Å². The number of carbonyl (C=O) groups is 2. The minimum Gasteiger partial charge on any atom is -0.456 e. The van der Waals surface area contributed by atoms with Gasteiger partial charge in [0.2, 0.25) is 0 Å². The van der Waals surface area contributed by atoms with Crippen LogP contribution in [-0.4, -0.2) is 48.6 Å². The van der Waals surface area contributed by atoms with Crippen LogP contribution in [-0.2, 0) is 28.5 Å². The number of fused-ring (bicyclic) bond motifs is 2. The maximum absolute atomic E-state index is 11.1. The molecule has 3 rings (SSSR count). The monoisotopic (exact) mass is 254 g/mol. The predicted molar refractivity (Wildman–Crippen MR) is 57.6 cm³/mol. The molecule has 0 aromatic carbocycles. The van der Waals surface area contributed by atoms with Crippen LogP contribution in [0.2, 0.25) is 0 Å². The molecule has 98 valence electrons. The van der Waals surface area contributed by atoms with Crippen molar-refractivity contribution in [3.8, 4) is 0 Å². The largest absolute Gasteiger partial charge is 0.456 e. The molecule has 6 nitrogen and oxygen atoms in total. The topological polar surface area (TPSA) is 77.7 Å². The van der Waals surface area contributed by atoms with Gasteiger partial charge in [-0.15, -0.1) is 0 Å². The highest BCUT2D eigenvalue weighted by Gasteiger charge is 2.59. The van der Waals surface area contributed by atoms with E-state index in [4.69, 9.17) is 18.9 Å². The lowest BCUT2D eigenvalue weighted by molar-refractivity contribution is -0.168. The first-order valence-corrected chi connectivity index (χ1v) is 5.90. The summed E-state index contributed by atoms with van der Waals surface area (Å²) in [5.41, 5.74) is 0. The molecule has 0 aromatic rings. The Hall–Kier alpha value is -1.40. The molecule has 0 unspecified atom stereocenters. The number of ether oxygens (including phenoxy) is 4. The number of hydrogen-bond acceptors (Lipinski definition) is 6. The van der Waals surface area contributed by atoms with Crippen LogP contribution in [0.15, 0.2) is 12.2 Å². The molecule has 0 radical (unpaired) electrons. The molecule has 6 atom stereocenters. The van der Waals surface area contributed by atoms with Crippen molar-refractivity contribution in [2.45, 2.75) is 50.5 Å². The molecule has 3 aliphatic rings. The molecule has 0 spiro atoms. The van der Waals surface area contributed by atoms with Gasteiger partial charge in [-0.3, -0.25) is 9.59 Å². The third-order valence-corrected chi connectivity index (χ3v) is 3.19. The van der Waals surface area contributed by atoms with Crippen molar-refractivity contribution in [3.05, 3.63) is 12.2 Å². The molecule has 18 heavy (non-hydrogen) atoms. The minimum absolute atomic E-state index is 0.0856. The number of carbonyl (C=O) groups excluding carboxylic acids is 2. The zero-order valence-corrected chi connectivity index (χ0v) is 10.1. The van der Waals surface area contributed by atoms with Gasteiger partial charge in [-0.25, -0.2) is 0 Å². The third kappa shape index (κ3) is 2.13. The lowest BCUT2D eigenvalue weighted by Crippen LogP contribution is -2.43. The summed E-state index contributed by atoms with van der Waals surface area (Å²) in [6.07, 6.45) is 1.92. The summed E-state index contributed by atoms with van der Waals surface area (Å²) in [6, 6.07) is 0. The summed E-state index contributed by atoms with van der Waals surface area (Å²) in [7, 11) is 0. The number of epoxide rings is 2. The first-order valence-electron chi connectivity index (χ1n) is 5.90. The first-order chi connectivity index (χ1) is 8.56. The van der Waals surface area contributed by atoms with Crippen molar-refractivity contribution < 1.29 is 28.5 Å². The second-order valence-corrected chi connectivity index (χ2v) is 4.66. The summed E-state index contributed by atoms with van der Waals surface area (Å²) < 4.78 is 21.3. The Morgan fingerprint density at radius 1 is 0.889 bits per heavy atom. The highest BCUT2D eigenvalue weighted by atomic mass is 16.7. The number of esters is 2. The highest BCUT2D eigenvalue weighted by Crippen LogP contribution is 2.41. The quantitative estimate of drug-likeness (QED) is 0.391. The van der Waals surface area contributed by atoms with Gasteiger partial charge in [-0.1, -0.05) is 12.2 Å². The van der Waals surface area contributed by atoms with Gasteiger partial charge in [0.25, 0.3) is 0 Å². The Morgan fingerprint density at radius 2 is 1.28 bits per heavy atom. The van der Waals surface area contributed by atoms with E-state index in [9.17, 15) is 9.59 Å². The van der Waals surface area contributed by atoms with E-state index in [0.717, 1.165) is 0 Å². The van der Waals surface area contributed by atoms with E-state index in [1.807, 2.05) is 12.2 Å². The molecule has 0 saturated carbocycles. The van der Waals surface area contributed by atoms with E-state index >= 15 is 0 Å². The molecule has 2 aliphatic heterocycles. The van der Waals surface area contributed by atoms with Crippen molar-refractivity contribution in [1.29, 1.82) is 0 Å². The van der Waals surface area contributed by atoms with Crippen LogP contribution in [0.3, 0.4) is 0 Å². The van der Waals surface area contributed by atoms with Gasteiger partial charge in [0.1, 0.15) is 24.4 Å². The predicted octanol–water partition coefficient (Wildman–Crippen LogP) is -0.0456. The van der Waals surface area contributed by atoms with Gasteiger partial charge in [0, 0.05) is 13.8 Å². The van der Waals surface area contributed by atoms with Gasteiger partial charge >= 0.3 is 11.9 Å². The van der Waals surface area contributed by atoms with Crippen LogP contribution in [0.1, 0.15) is 13.8 Å². The van der Waals surface area contributed by atoms with Crippen LogP contribution >= 0.6 is 0 Å². The van der Waals surface area contributed by atoms with E-state index in [2.05, 4.69) is 0 Å². The van der Waals surface area contributed by atoms with Crippen LogP contribution in [0, 0.1) is 0 Å². The summed E-state index contributed by atoms with van der Waals surface area (Å²) in [5, 5.41) is 0. The molecular formula is C12H14O6. The Bertz CT molecular complexity index is 379. The lowest BCUT2D eigenvalue weighted by Gasteiger charge is -2.24. The highest BCUT2D eigenvalue weighted by molar-refractivity contribution is 5.67. The molecule has 0 aromatic heterocycles. The second-order valence-electron chi connectivity index (χ2n) is 4.66. The zero-order chi connectivity index (χ0) is 12.9. The maximum atomic E-state index is 11.1. The fourth-order valence-electron chi connectivity index (χ4n) is 2.36. The van der Waals surface area contributed by atoms with Gasteiger partial charge < -0.3 is 18.9 Å². The molecule has 1 aliphatic carbocycles.